The van der Waals surface area contributed by atoms with E-state index >= 15 is 0 Å². The molecule has 0 spiro atoms. The summed E-state index contributed by atoms with van der Waals surface area (Å²) in [6, 6.07) is 2.95. The van der Waals surface area contributed by atoms with E-state index in [1.54, 1.807) is 16.7 Å². The van der Waals surface area contributed by atoms with Gasteiger partial charge in [-0.3, -0.25) is 4.79 Å². The number of aromatic nitrogens is 2. The number of rotatable bonds is 3. The molecule has 0 aliphatic rings. The number of halogens is 1. The molecule has 0 saturated carbocycles. The van der Waals surface area contributed by atoms with Crippen molar-refractivity contribution >= 4 is 11.6 Å². The third-order valence-electron chi connectivity index (χ3n) is 2.33. The van der Waals surface area contributed by atoms with Crippen LogP contribution in [0.5, 0.6) is 0 Å². The molecule has 2 aromatic rings. The van der Waals surface area contributed by atoms with E-state index in [9.17, 15) is 9.18 Å². The van der Waals surface area contributed by atoms with Crippen LogP contribution in [-0.2, 0) is 11.3 Å². The van der Waals surface area contributed by atoms with Gasteiger partial charge in [-0.05, 0) is 26.0 Å². The molecule has 0 saturated heterocycles. The first-order chi connectivity index (χ1) is 8.54. The van der Waals surface area contributed by atoms with Crippen molar-refractivity contribution in [1.82, 2.24) is 14.7 Å². The van der Waals surface area contributed by atoms with E-state index in [2.05, 4.69) is 10.3 Å². The first-order valence-corrected chi connectivity index (χ1v) is 5.60. The largest absolute Gasteiger partial charge is 0.347 e. The molecule has 0 aliphatic heterocycles. The number of carbonyl (C=O) groups excluding carboxylic acids is 1. The number of hydrogen-bond acceptors (Lipinski definition) is 2. The fourth-order valence-electron chi connectivity index (χ4n) is 1.59. The molecule has 94 valence electrons. The zero-order valence-electron chi connectivity index (χ0n) is 10.3. The summed E-state index contributed by atoms with van der Waals surface area (Å²) in [4.78, 5) is 15.7. The number of hydrogen-bond donors (Lipinski definition) is 1. The highest BCUT2D eigenvalue weighted by Crippen LogP contribution is 2.06. The summed E-state index contributed by atoms with van der Waals surface area (Å²) in [7, 11) is 0. The number of imidazole rings is 1. The first-order valence-electron chi connectivity index (χ1n) is 5.60. The topological polar surface area (TPSA) is 46.4 Å². The fraction of sp³-hybridized carbons (Fsp3) is 0.231. The quantitative estimate of drug-likeness (QED) is 0.844. The zero-order chi connectivity index (χ0) is 13.1. The van der Waals surface area contributed by atoms with Gasteiger partial charge in [0.25, 0.3) is 0 Å². The number of fused-ring (bicyclic) bond motifs is 1. The minimum absolute atomic E-state index is 0.154. The van der Waals surface area contributed by atoms with Crippen LogP contribution >= 0.6 is 0 Å². The Hall–Kier alpha value is -2.17. The third-order valence-corrected chi connectivity index (χ3v) is 2.33. The maximum Gasteiger partial charge on any atom is 0.244 e. The highest BCUT2D eigenvalue weighted by Gasteiger charge is 2.03. The second-order valence-corrected chi connectivity index (χ2v) is 4.28. The third kappa shape index (κ3) is 2.94. The molecule has 0 aliphatic carbocycles. The lowest BCUT2D eigenvalue weighted by molar-refractivity contribution is -0.116. The van der Waals surface area contributed by atoms with Gasteiger partial charge in [-0.2, -0.15) is 0 Å². The van der Waals surface area contributed by atoms with E-state index in [4.69, 9.17) is 0 Å². The van der Waals surface area contributed by atoms with E-state index in [0.29, 0.717) is 17.9 Å². The second-order valence-electron chi connectivity index (χ2n) is 4.28. The molecule has 0 atom stereocenters. The summed E-state index contributed by atoms with van der Waals surface area (Å²) in [5.74, 6) is -0.474. The van der Waals surface area contributed by atoms with Crippen LogP contribution in [0.2, 0.25) is 0 Å². The summed E-state index contributed by atoms with van der Waals surface area (Å²) in [6.07, 6.45) is 4.57. The first kappa shape index (κ1) is 12.3. The Morgan fingerprint density at radius 2 is 2.22 bits per heavy atom. The van der Waals surface area contributed by atoms with Crippen molar-refractivity contribution in [3.8, 4) is 0 Å². The molecule has 2 aromatic heterocycles. The van der Waals surface area contributed by atoms with Gasteiger partial charge in [0.1, 0.15) is 11.5 Å². The molecule has 0 bridgehead atoms. The van der Waals surface area contributed by atoms with Crippen LogP contribution in [0.4, 0.5) is 4.39 Å². The average Bonchev–Trinajstić information content (AvgIpc) is 2.67. The van der Waals surface area contributed by atoms with Gasteiger partial charge in [-0.25, -0.2) is 9.37 Å². The van der Waals surface area contributed by atoms with Crippen molar-refractivity contribution in [3.63, 3.8) is 0 Å². The summed E-state index contributed by atoms with van der Waals surface area (Å²) in [5, 5.41) is 2.72. The van der Waals surface area contributed by atoms with Crippen LogP contribution in [0.15, 0.2) is 36.2 Å². The lowest BCUT2D eigenvalue weighted by Gasteiger charge is -1.98. The summed E-state index contributed by atoms with van der Waals surface area (Å²) >= 11 is 0. The number of carbonyl (C=O) groups is 1. The molecule has 1 amide bonds. The van der Waals surface area contributed by atoms with E-state index < -0.39 is 0 Å². The Balaban J connectivity index is 2.08. The standard InChI is InChI=1S/C13H14FN3O/c1-9(2)5-13(18)15-6-11-8-17-7-10(14)3-4-12(17)16-11/h3-5,7-8H,6H2,1-2H3,(H,15,18). The van der Waals surface area contributed by atoms with Crippen LogP contribution in [0.3, 0.4) is 0 Å². The molecule has 18 heavy (non-hydrogen) atoms. The molecule has 1 N–H and O–H groups in total. The summed E-state index contributed by atoms with van der Waals surface area (Å²) in [5.41, 5.74) is 2.28. The van der Waals surface area contributed by atoms with Crippen molar-refractivity contribution in [2.75, 3.05) is 0 Å². The Kier molecular flexibility index (Phi) is 3.41. The zero-order valence-corrected chi connectivity index (χ0v) is 10.3. The number of nitrogens with one attached hydrogen (secondary N) is 1. The summed E-state index contributed by atoms with van der Waals surface area (Å²) < 4.78 is 14.6. The number of nitrogens with zero attached hydrogens (tertiary/aromatic N) is 2. The molecule has 2 rings (SSSR count). The van der Waals surface area contributed by atoms with E-state index in [-0.39, 0.29) is 11.7 Å². The number of allylic oxidation sites excluding steroid dienone is 1. The molecule has 0 fully saturated rings. The minimum atomic E-state index is -0.319. The molecular formula is C13H14FN3O. The minimum Gasteiger partial charge on any atom is -0.347 e. The molecular weight excluding hydrogens is 233 g/mol. The Labute approximate surface area is 104 Å². The Bertz CT molecular complexity index is 612. The number of amides is 1. The highest BCUT2D eigenvalue weighted by atomic mass is 19.1. The molecule has 4 nitrogen and oxygen atoms in total. The predicted molar refractivity (Wildman–Crippen MR) is 66.4 cm³/mol. The SMILES string of the molecule is CC(C)=CC(=O)NCc1cn2cc(F)ccc2n1. The second kappa shape index (κ2) is 5.00. The van der Waals surface area contributed by atoms with Gasteiger partial charge in [0.15, 0.2) is 0 Å². The lowest BCUT2D eigenvalue weighted by Crippen LogP contribution is -2.20. The van der Waals surface area contributed by atoms with Crippen LogP contribution in [0.25, 0.3) is 5.65 Å². The monoisotopic (exact) mass is 247 g/mol. The van der Waals surface area contributed by atoms with Gasteiger partial charge in [0.05, 0.1) is 12.2 Å². The molecule has 5 heteroatoms. The van der Waals surface area contributed by atoms with Gasteiger partial charge in [0.2, 0.25) is 5.91 Å². The predicted octanol–water partition coefficient (Wildman–Crippen LogP) is 2.06. The average molecular weight is 247 g/mol. The van der Waals surface area contributed by atoms with Crippen LogP contribution in [0.1, 0.15) is 19.5 Å². The normalized spacial score (nSPS) is 10.4. The van der Waals surface area contributed by atoms with Gasteiger partial charge in [-0.15, -0.1) is 0 Å². The van der Waals surface area contributed by atoms with Crippen LogP contribution in [0, 0.1) is 5.82 Å². The van der Waals surface area contributed by atoms with E-state index in [0.717, 1.165) is 5.57 Å². The van der Waals surface area contributed by atoms with Crippen LogP contribution in [-0.4, -0.2) is 15.3 Å². The van der Waals surface area contributed by atoms with Crippen molar-refractivity contribution in [2.24, 2.45) is 0 Å². The van der Waals surface area contributed by atoms with Crippen molar-refractivity contribution < 1.29 is 9.18 Å². The molecule has 0 unspecified atom stereocenters. The maximum absolute atomic E-state index is 13.0. The Morgan fingerprint density at radius 3 is 2.94 bits per heavy atom. The van der Waals surface area contributed by atoms with E-state index in [1.165, 1.54) is 18.3 Å². The molecule has 2 heterocycles. The summed E-state index contributed by atoms with van der Waals surface area (Å²) in [6.45, 7) is 4.03. The Morgan fingerprint density at radius 1 is 1.44 bits per heavy atom. The van der Waals surface area contributed by atoms with Gasteiger partial charge < -0.3 is 9.72 Å². The van der Waals surface area contributed by atoms with Crippen molar-refractivity contribution in [3.05, 3.63) is 47.7 Å². The lowest BCUT2D eigenvalue weighted by atomic mass is 10.3. The molecule has 0 aromatic carbocycles. The van der Waals surface area contributed by atoms with Crippen molar-refractivity contribution in [2.45, 2.75) is 20.4 Å². The highest BCUT2D eigenvalue weighted by molar-refractivity contribution is 5.87. The van der Waals surface area contributed by atoms with E-state index in [1.807, 2.05) is 13.8 Å². The van der Waals surface area contributed by atoms with Crippen LogP contribution < -0.4 is 5.32 Å². The smallest absolute Gasteiger partial charge is 0.244 e. The fourth-order valence-corrected chi connectivity index (χ4v) is 1.59. The van der Waals surface area contributed by atoms with Gasteiger partial charge >= 0.3 is 0 Å². The number of pyridine rings is 1. The van der Waals surface area contributed by atoms with Crippen molar-refractivity contribution in [1.29, 1.82) is 0 Å². The van der Waals surface area contributed by atoms with Gasteiger partial charge in [0, 0.05) is 18.5 Å². The van der Waals surface area contributed by atoms with Gasteiger partial charge in [-0.1, -0.05) is 5.57 Å². The maximum atomic E-state index is 13.0. The molecule has 0 radical (unpaired) electrons.